The zero-order chi connectivity index (χ0) is 19.2. The Hall–Kier alpha value is -2.74. The molecule has 26 heavy (non-hydrogen) atoms. The highest BCUT2D eigenvalue weighted by Gasteiger charge is 2.23. The number of hydrogen-bond donors (Lipinski definition) is 1. The van der Waals surface area contributed by atoms with Crippen molar-refractivity contribution in [2.24, 2.45) is 0 Å². The fourth-order valence-corrected chi connectivity index (χ4v) is 3.55. The molecule has 0 aliphatic heterocycles. The molecule has 0 fully saturated rings. The Bertz CT molecular complexity index is 879. The van der Waals surface area contributed by atoms with Crippen LogP contribution >= 0.6 is 0 Å². The van der Waals surface area contributed by atoms with Crippen molar-refractivity contribution >= 4 is 21.7 Å². The van der Waals surface area contributed by atoms with E-state index in [0.717, 1.165) is 0 Å². The first-order chi connectivity index (χ1) is 12.4. The number of methoxy groups -OCH3 is 1. The van der Waals surface area contributed by atoms with Gasteiger partial charge in [-0.25, -0.2) is 13.2 Å². The zero-order valence-corrected chi connectivity index (χ0v) is 15.6. The van der Waals surface area contributed by atoms with Gasteiger partial charge in [-0.1, -0.05) is 12.1 Å². The normalized spacial score (nSPS) is 10.9. The molecule has 0 atom stereocenters. The van der Waals surface area contributed by atoms with Gasteiger partial charge in [-0.3, -0.25) is 4.72 Å². The van der Waals surface area contributed by atoms with Crippen LogP contribution in [0.15, 0.2) is 47.4 Å². The van der Waals surface area contributed by atoms with E-state index >= 15 is 0 Å². The molecule has 0 radical (unpaired) electrons. The summed E-state index contributed by atoms with van der Waals surface area (Å²) in [6.45, 7) is 4.52. The van der Waals surface area contributed by atoms with Crippen LogP contribution in [0.25, 0.3) is 0 Å². The van der Waals surface area contributed by atoms with Crippen molar-refractivity contribution in [1.29, 1.82) is 0 Å². The van der Waals surface area contributed by atoms with Gasteiger partial charge in [0, 0.05) is 6.07 Å². The second-order valence-corrected chi connectivity index (χ2v) is 6.77. The van der Waals surface area contributed by atoms with Gasteiger partial charge in [0.2, 0.25) is 0 Å². The Kier molecular flexibility index (Phi) is 6.46. The van der Waals surface area contributed by atoms with E-state index in [1.807, 2.05) is 13.8 Å². The topological polar surface area (TPSA) is 90.9 Å². The smallest absolute Gasteiger partial charge is 0.339 e. The van der Waals surface area contributed by atoms with E-state index in [9.17, 15) is 13.2 Å². The van der Waals surface area contributed by atoms with E-state index in [1.54, 1.807) is 18.2 Å². The van der Waals surface area contributed by atoms with Gasteiger partial charge in [-0.2, -0.15) is 0 Å². The third kappa shape index (κ3) is 4.45. The lowest BCUT2D eigenvalue weighted by molar-refractivity contribution is 0.0596. The van der Waals surface area contributed by atoms with Crippen molar-refractivity contribution in [2.45, 2.75) is 18.7 Å². The number of hydrogen-bond acceptors (Lipinski definition) is 6. The Morgan fingerprint density at radius 1 is 1.00 bits per heavy atom. The summed E-state index contributed by atoms with van der Waals surface area (Å²) in [5, 5.41) is 0. The molecule has 7 nitrogen and oxygen atoms in total. The monoisotopic (exact) mass is 379 g/mol. The summed E-state index contributed by atoms with van der Waals surface area (Å²) < 4.78 is 43.5. The summed E-state index contributed by atoms with van der Waals surface area (Å²) in [5.41, 5.74) is 0.245. The highest BCUT2D eigenvalue weighted by Crippen LogP contribution is 2.32. The molecule has 0 bridgehead atoms. The Labute approximate surface area is 152 Å². The SMILES string of the molecule is CCOc1ccc(NS(=O)(=O)c2ccccc2C(=O)OC)cc1OCC. The third-order valence-corrected chi connectivity index (χ3v) is 4.82. The maximum absolute atomic E-state index is 12.7. The summed E-state index contributed by atoms with van der Waals surface area (Å²) in [6, 6.07) is 10.5. The van der Waals surface area contributed by atoms with Crippen LogP contribution in [0.3, 0.4) is 0 Å². The van der Waals surface area contributed by atoms with E-state index in [-0.39, 0.29) is 16.1 Å². The van der Waals surface area contributed by atoms with Crippen LogP contribution in [0, 0.1) is 0 Å². The van der Waals surface area contributed by atoms with Crippen LogP contribution in [-0.2, 0) is 14.8 Å². The van der Waals surface area contributed by atoms with E-state index in [4.69, 9.17) is 9.47 Å². The number of anilines is 1. The number of sulfonamides is 1. The summed E-state index contributed by atoms with van der Waals surface area (Å²) >= 11 is 0. The lowest BCUT2D eigenvalue weighted by atomic mass is 10.2. The minimum atomic E-state index is -4.00. The molecule has 2 rings (SSSR count). The number of carbonyl (C=O) groups is 1. The van der Waals surface area contributed by atoms with Gasteiger partial charge in [-0.05, 0) is 38.1 Å². The zero-order valence-electron chi connectivity index (χ0n) is 14.8. The van der Waals surface area contributed by atoms with Gasteiger partial charge >= 0.3 is 5.97 Å². The number of carbonyl (C=O) groups excluding carboxylic acids is 1. The summed E-state index contributed by atoms with van der Waals surface area (Å²) in [5.74, 6) is 0.218. The highest BCUT2D eigenvalue weighted by atomic mass is 32.2. The average Bonchev–Trinajstić information content (AvgIpc) is 2.63. The van der Waals surface area contributed by atoms with Crippen LogP contribution in [0.1, 0.15) is 24.2 Å². The highest BCUT2D eigenvalue weighted by molar-refractivity contribution is 7.92. The van der Waals surface area contributed by atoms with Crippen LogP contribution < -0.4 is 14.2 Å². The molecular formula is C18H21NO6S. The van der Waals surface area contributed by atoms with Gasteiger partial charge in [0.1, 0.15) is 4.90 Å². The van der Waals surface area contributed by atoms with Crippen molar-refractivity contribution in [1.82, 2.24) is 0 Å². The maximum atomic E-state index is 12.7. The maximum Gasteiger partial charge on any atom is 0.339 e. The molecule has 140 valence electrons. The number of ether oxygens (including phenoxy) is 3. The van der Waals surface area contributed by atoms with Crippen molar-refractivity contribution in [3.8, 4) is 11.5 Å². The van der Waals surface area contributed by atoms with Gasteiger partial charge < -0.3 is 14.2 Å². The molecule has 0 unspecified atom stereocenters. The number of benzene rings is 2. The minimum absolute atomic E-state index is 0.0431. The largest absolute Gasteiger partial charge is 0.490 e. The van der Waals surface area contributed by atoms with Crippen LogP contribution in [-0.4, -0.2) is 34.7 Å². The molecule has 2 aromatic carbocycles. The predicted octanol–water partition coefficient (Wildman–Crippen LogP) is 3.07. The molecule has 0 spiro atoms. The molecule has 8 heteroatoms. The fraction of sp³-hybridized carbons (Fsp3) is 0.278. The van der Waals surface area contributed by atoms with Gasteiger partial charge in [0.05, 0.1) is 31.6 Å². The van der Waals surface area contributed by atoms with E-state index in [2.05, 4.69) is 9.46 Å². The standard InChI is InChI=1S/C18H21NO6S/c1-4-24-15-11-10-13(12-16(15)25-5-2)19-26(21,22)17-9-7-6-8-14(17)18(20)23-3/h6-12,19H,4-5H2,1-3H3. The second-order valence-electron chi connectivity index (χ2n) is 5.12. The van der Waals surface area contributed by atoms with Crippen molar-refractivity contribution < 1.29 is 27.4 Å². The molecular weight excluding hydrogens is 358 g/mol. The summed E-state index contributed by atoms with van der Waals surface area (Å²) in [7, 11) is -2.81. The first kappa shape index (κ1) is 19.6. The number of rotatable bonds is 8. The lowest BCUT2D eigenvalue weighted by Gasteiger charge is -2.14. The Morgan fingerprint density at radius 2 is 1.65 bits per heavy atom. The first-order valence-corrected chi connectivity index (χ1v) is 9.51. The molecule has 0 heterocycles. The third-order valence-electron chi connectivity index (χ3n) is 3.38. The van der Waals surface area contributed by atoms with Crippen molar-refractivity contribution in [2.75, 3.05) is 25.0 Å². The van der Waals surface area contributed by atoms with Gasteiger partial charge in [-0.15, -0.1) is 0 Å². The molecule has 1 N–H and O–H groups in total. The first-order valence-electron chi connectivity index (χ1n) is 8.02. The molecule has 2 aromatic rings. The Balaban J connectivity index is 2.38. The second kappa shape index (κ2) is 8.57. The number of esters is 1. The molecule has 0 aliphatic rings. The minimum Gasteiger partial charge on any atom is -0.490 e. The van der Waals surface area contributed by atoms with Crippen LogP contribution in [0.4, 0.5) is 5.69 Å². The Morgan fingerprint density at radius 3 is 2.31 bits per heavy atom. The molecule has 0 amide bonds. The van der Waals surface area contributed by atoms with Crippen molar-refractivity contribution in [3.63, 3.8) is 0 Å². The average molecular weight is 379 g/mol. The quantitative estimate of drug-likeness (QED) is 0.709. The van der Waals surface area contributed by atoms with E-state index in [0.29, 0.717) is 24.7 Å². The van der Waals surface area contributed by atoms with E-state index in [1.165, 1.54) is 31.4 Å². The van der Waals surface area contributed by atoms with E-state index < -0.39 is 16.0 Å². The van der Waals surface area contributed by atoms with Crippen LogP contribution in [0.2, 0.25) is 0 Å². The summed E-state index contributed by atoms with van der Waals surface area (Å²) in [4.78, 5) is 11.7. The van der Waals surface area contributed by atoms with Crippen LogP contribution in [0.5, 0.6) is 11.5 Å². The predicted molar refractivity (Wildman–Crippen MR) is 97.4 cm³/mol. The summed E-state index contributed by atoms with van der Waals surface area (Å²) in [6.07, 6.45) is 0. The molecule has 0 saturated carbocycles. The van der Waals surface area contributed by atoms with Gasteiger partial charge in [0.25, 0.3) is 10.0 Å². The molecule has 0 aliphatic carbocycles. The molecule has 0 saturated heterocycles. The fourth-order valence-electron chi connectivity index (χ4n) is 2.30. The van der Waals surface area contributed by atoms with Gasteiger partial charge in [0.15, 0.2) is 11.5 Å². The lowest BCUT2D eigenvalue weighted by Crippen LogP contribution is -2.17. The number of nitrogens with one attached hydrogen (secondary N) is 1. The van der Waals surface area contributed by atoms with Crippen molar-refractivity contribution in [3.05, 3.63) is 48.0 Å². The molecule has 0 aromatic heterocycles.